The molecule has 2 N–H and O–H groups in total. The number of carboxylic acids is 1. The predicted octanol–water partition coefficient (Wildman–Crippen LogP) is 1.57. The van der Waals surface area contributed by atoms with Crippen molar-refractivity contribution in [2.45, 2.75) is 13.0 Å². The molecule has 6 heteroatoms. The third-order valence-electron chi connectivity index (χ3n) is 2.94. The van der Waals surface area contributed by atoms with Gasteiger partial charge in [0.1, 0.15) is 17.6 Å². The first-order chi connectivity index (χ1) is 9.15. The molecule has 1 aromatic heterocycles. The lowest BCUT2D eigenvalue weighted by atomic mass is 10.0. The summed E-state index contributed by atoms with van der Waals surface area (Å²) in [6.45, 7) is 1.77. The van der Waals surface area contributed by atoms with Gasteiger partial charge >= 0.3 is 5.97 Å². The molecule has 0 radical (unpaired) electrons. The van der Waals surface area contributed by atoms with Crippen molar-refractivity contribution in [3.8, 4) is 0 Å². The van der Waals surface area contributed by atoms with Crippen molar-refractivity contribution >= 4 is 11.9 Å². The summed E-state index contributed by atoms with van der Waals surface area (Å²) < 4.78 is 1.69. The van der Waals surface area contributed by atoms with Gasteiger partial charge in [-0.15, -0.1) is 0 Å². The molecule has 0 saturated carbocycles. The highest BCUT2D eigenvalue weighted by atomic mass is 16.4. The van der Waals surface area contributed by atoms with Gasteiger partial charge in [0.25, 0.3) is 0 Å². The summed E-state index contributed by atoms with van der Waals surface area (Å²) in [5.41, 5.74) is 1.09. The fraction of sp³-hybridized carbons (Fsp3) is 0.154. The SMILES string of the molecule is Cc1nc2n(n1)[C@H](c1ccccc1)C=C(C(=O)O)N2. The first-order valence-corrected chi connectivity index (χ1v) is 5.85. The number of rotatable bonds is 2. The Bertz CT molecular complexity index is 661. The second-order valence-corrected chi connectivity index (χ2v) is 4.29. The minimum Gasteiger partial charge on any atom is -0.477 e. The number of hydrogen-bond acceptors (Lipinski definition) is 4. The van der Waals surface area contributed by atoms with Crippen LogP contribution in [0.3, 0.4) is 0 Å². The lowest BCUT2D eigenvalue weighted by molar-refractivity contribution is -0.132. The molecule has 1 aliphatic heterocycles. The maximum atomic E-state index is 11.2. The summed E-state index contributed by atoms with van der Waals surface area (Å²) in [6, 6.07) is 9.36. The molecule has 0 unspecified atom stereocenters. The number of anilines is 1. The van der Waals surface area contributed by atoms with E-state index in [0.29, 0.717) is 11.8 Å². The number of nitrogens with zero attached hydrogens (tertiary/aromatic N) is 3. The molecule has 1 atom stereocenters. The third kappa shape index (κ3) is 1.97. The summed E-state index contributed by atoms with van der Waals surface area (Å²) in [4.78, 5) is 15.4. The van der Waals surface area contributed by atoms with E-state index in [0.717, 1.165) is 5.56 Å². The Morgan fingerprint density at radius 3 is 2.79 bits per heavy atom. The average Bonchev–Trinajstić information content (AvgIpc) is 2.78. The van der Waals surface area contributed by atoms with E-state index in [1.54, 1.807) is 17.7 Å². The summed E-state index contributed by atoms with van der Waals surface area (Å²) >= 11 is 0. The van der Waals surface area contributed by atoms with Crippen molar-refractivity contribution in [3.05, 3.63) is 53.5 Å². The smallest absolute Gasteiger partial charge is 0.352 e. The predicted molar refractivity (Wildman–Crippen MR) is 68.7 cm³/mol. The Hall–Kier alpha value is -2.63. The fourth-order valence-electron chi connectivity index (χ4n) is 2.11. The minimum absolute atomic E-state index is 0.119. The molecule has 0 fully saturated rings. The Balaban J connectivity index is 2.13. The standard InChI is InChI=1S/C13H12N4O2/c1-8-14-13-15-10(12(18)19)7-11(17(13)16-8)9-5-3-2-4-6-9/h2-7,11H,1H3,(H,18,19)(H,14,15,16)/t11-/m0/s1. The highest BCUT2D eigenvalue weighted by Gasteiger charge is 2.26. The zero-order valence-electron chi connectivity index (χ0n) is 10.2. The zero-order chi connectivity index (χ0) is 13.4. The van der Waals surface area contributed by atoms with Crippen molar-refractivity contribution in [3.63, 3.8) is 0 Å². The van der Waals surface area contributed by atoms with Gasteiger partial charge in [0.05, 0.1) is 0 Å². The summed E-state index contributed by atoms with van der Waals surface area (Å²) in [7, 11) is 0. The second-order valence-electron chi connectivity index (χ2n) is 4.29. The molecule has 6 nitrogen and oxygen atoms in total. The molecule has 0 saturated heterocycles. The van der Waals surface area contributed by atoms with Gasteiger partial charge in [0, 0.05) is 0 Å². The molecule has 19 heavy (non-hydrogen) atoms. The number of aliphatic carboxylic acids is 1. The van der Waals surface area contributed by atoms with Crippen molar-refractivity contribution in [1.29, 1.82) is 0 Å². The van der Waals surface area contributed by atoms with E-state index in [-0.39, 0.29) is 11.7 Å². The number of hydrogen-bond donors (Lipinski definition) is 2. The highest BCUT2D eigenvalue weighted by Crippen LogP contribution is 2.28. The van der Waals surface area contributed by atoms with Crippen LogP contribution in [-0.2, 0) is 4.79 Å². The van der Waals surface area contributed by atoms with Gasteiger partial charge in [-0.05, 0) is 18.6 Å². The Morgan fingerprint density at radius 2 is 2.11 bits per heavy atom. The summed E-state index contributed by atoms with van der Waals surface area (Å²) in [5, 5.41) is 16.2. The molecule has 0 bridgehead atoms. The second kappa shape index (κ2) is 4.24. The number of fused-ring (bicyclic) bond motifs is 1. The first kappa shape index (κ1) is 11.5. The molecule has 0 amide bonds. The maximum Gasteiger partial charge on any atom is 0.352 e. The monoisotopic (exact) mass is 256 g/mol. The van der Waals surface area contributed by atoms with Crippen molar-refractivity contribution < 1.29 is 9.90 Å². The minimum atomic E-state index is -1.01. The van der Waals surface area contributed by atoms with Crippen LogP contribution in [0.5, 0.6) is 0 Å². The molecule has 96 valence electrons. The Kier molecular flexibility index (Phi) is 2.56. The third-order valence-corrected chi connectivity index (χ3v) is 2.94. The number of nitrogens with one attached hydrogen (secondary N) is 1. The number of carbonyl (C=O) groups is 1. The molecular formula is C13H12N4O2. The van der Waals surface area contributed by atoms with E-state index in [1.165, 1.54) is 0 Å². The molecule has 1 aromatic carbocycles. The number of allylic oxidation sites excluding steroid dienone is 1. The average molecular weight is 256 g/mol. The molecule has 2 aromatic rings. The van der Waals surface area contributed by atoms with Crippen LogP contribution in [0.1, 0.15) is 17.4 Å². The quantitative estimate of drug-likeness (QED) is 0.852. The zero-order valence-corrected chi connectivity index (χ0v) is 10.2. The van der Waals surface area contributed by atoms with E-state index in [1.807, 2.05) is 30.3 Å². The number of aromatic nitrogens is 3. The van der Waals surface area contributed by atoms with Crippen molar-refractivity contribution in [2.24, 2.45) is 0 Å². The van der Waals surface area contributed by atoms with Crippen LogP contribution < -0.4 is 5.32 Å². The highest BCUT2D eigenvalue weighted by molar-refractivity contribution is 5.90. The van der Waals surface area contributed by atoms with E-state index >= 15 is 0 Å². The van der Waals surface area contributed by atoms with Gasteiger partial charge in [-0.1, -0.05) is 30.3 Å². The van der Waals surface area contributed by atoms with Gasteiger partial charge < -0.3 is 10.4 Å². The van der Waals surface area contributed by atoms with Gasteiger partial charge in [-0.3, -0.25) is 0 Å². The van der Waals surface area contributed by atoms with E-state index in [4.69, 9.17) is 5.11 Å². The Labute approximate surface area is 109 Å². The van der Waals surface area contributed by atoms with Crippen LogP contribution in [-0.4, -0.2) is 25.8 Å². The molecule has 0 aliphatic carbocycles. The maximum absolute atomic E-state index is 11.2. The fourth-order valence-corrected chi connectivity index (χ4v) is 2.11. The molecular weight excluding hydrogens is 244 g/mol. The Morgan fingerprint density at radius 1 is 1.37 bits per heavy atom. The van der Waals surface area contributed by atoms with Crippen LogP contribution in [0.25, 0.3) is 0 Å². The molecule has 3 rings (SSSR count). The van der Waals surface area contributed by atoms with Crippen LogP contribution >= 0.6 is 0 Å². The molecule has 1 aliphatic rings. The van der Waals surface area contributed by atoms with Crippen molar-refractivity contribution in [2.75, 3.05) is 5.32 Å². The summed E-state index contributed by atoms with van der Waals surface area (Å²) in [6.07, 6.45) is 1.64. The number of benzene rings is 1. The lowest BCUT2D eigenvalue weighted by Crippen LogP contribution is -2.24. The van der Waals surface area contributed by atoms with Crippen LogP contribution in [0.15, 0.2) is 42.1 Å². The number of carboxylic acid groups (broad SMARTS) is 1. The van der Waals surface area contributed by atoms with E-state index in [9.17, 15) is 4.79 Å². The van der Waals surface area contributed by atoms with Crippen molar-refractivity contribution in [1.82, 2.24) is 14.8 Å². The molecule has 2 heterocycles. The molecule has 0 spiro atoms. The van der Waals surface area contributed by atoms with Gasteiger partial charge in [-0.2, -0.15) is 10.1 Å². The van der Waals surface area contributed by atoms with Crippen LogP contribution in [0, 0.1) is 6.92 Å². The van der Waals surface area contributed by atoms with E-state index in [2.05, 4.69) is 15.4 Å². The summed E-state index contributed by atoms with van der Waals surface area (Å²) in [5.74, 6) is 0.0440. The van der Waals surface area contributed by atoms with E-state index < -0.39 is 5.97 Å². The normalized spacial score (nSPS) is 17.3. The lowest BCUT2D eigenvalue weighted by Gasteiger charge is -2.22. The van der Waals surface area contributed by atoms with Crippen LogP contribution in [0.2, 0.25) is 0 Å². The first-order valence-electron chi connectivity index (χ1n) is 5.85. The topological polar surface area (TPSA) is 80.0 Å². The van der Waals surface area contributed by atoms with Gasteiger partial charge in [-0.25, -0.2) is 9.48 Å². The van der Waals surface area contributed by atoms with Gasteiger partial charge in [0.15, 0.2) is 0 Å². The van der Waals surface area contributed by atoms with Crippen LogP contribution in [0.4, 0.5) is 5.95 Å². The van der Waals surface area contributed by atoms with Gasteiger partial charge in [0.2, 0.25) is 5.95 Å². The number of aryl methyl sites for hydroxylation is 1. The largest absolute Gasteiger partial charge is 0.477 e.